The lowest BCUT2D eigenvalue weighted by Crippen LogP contribution is -2.46. The van der Waals surface area contributed by atoms with Gasteiger partial charge in [0.2, 0.25) is 11.7 Å². The van der Waals surface area contributed by atoms with Crippen LogP contribution in [0.4, 0.5) is 18.9 Å². The van der Waals surface area contributed by atoms with Crippen molar-refractivity contribution in [1.82, 2.24) is 5.32 Å². The van der Waals surface area contributed by atoms with E-state index in [4.69, 9.17) is 14.2 Å². The highest BCUT2D eigenvalue weighted by molar-refractivity contribution is 6.01. The SMILES string of the molecule is COc1cc(C(=O)N[C@@H](CO)C(=O)Nc2cccc(C(F)(F)F)c2)cc(OC)c1OC. The van der Waals surface area contributed by atoms with Gasteiger partial charge in [-0.15, -0.1) is 0 Å². The van der Waals surface area contributed by atoms with Crippen molar-refractivity contribution in [3.05, 3.63) is 47.5 Å². The Morgan fingerprint density at radius 3 is 2.13 bits per heavy atom. The number of carbonyl (C=O) groups is 2. The summed E-state index contributed by atoms with van der Waals surface area (Å²) in [6.45, 7) is -0.791. The number of carbonyl (C=O) groups excluding carboxylic acids is 2. The molecule has 0 spiro atoms. The highest BCUT2D eigenvalue weighted by Gasteiger charge is 2.31. The van der Waals surface area contributed by atoms with E-state index in [0.29, 0.717) is 0 Å². The van der Waals surface area contributed by atoms with Gasteiger partial charge in [0.15, 0.2) is 11.5 Å². The average Bonchev–Trinajstić information content (AvgIpc) is 2.75. The van der Waals surface area contributed by atoms with Gasteiger partial charge >= 0.3 is 6.18 Å². The number of hydrogen-bond donors (Lipinski definition) is 3. The van der Waals surface area contributed by atoms with E-state index < -0.39 is 36.2 Å². The first-order chi connectivity index (χ1) is 14.6. The molecule has 0 radical (unpaired) electrons. The Morgan fingerprint density at radius 2 is 1.65 bits per heavy atom. The van der Waals surface area contributed by atoms with Gasteiger partial charge in [-0.25, -0.2) is 0 Å². The molecule has 0 aliphatic rings. The molecule has 0 aliphatic heterocycles. The predicted molar refractivity (Wildman–Crippen MR) is 105 cm³/mol. The lowest BCUT2D eigenvalue weighted by molar-refractivity contribution is -0.137. The number of rotatable bonds is 8. The number of amides is 2. The topological polar surface area (TPSA) is 106 Å². The van der Waals surface area contributed by atoms with Gasteiger partial charge in [-0.1, -0.05) is 6.07 Å². The average molecular weight is 442 g/mol. The Hall–Kier alpha value is -3.47. The van der Waals surface area contributed by atoms with E-state index in [9.17, 15) is 27.9 Å². The molecule has 11 heteroatoms. The van der Waals surface area contributed by atoms with Crippen LogP contribution in [0.1, 0.15) is 15.9 Å². The van der Waals surface area contributed by atoms with E-state index in [-0.39, 0.29) is 28.5 Å². The van der Waals surface area contributed by atoms with Crippen LogP contribution in [0.25, 0.3) is 0 Å². The maximum atomic E-state index is 12.8. The van der Waals surface area contributed by atoms with E-state index in [2.05, 4.69) is 10.6 Å². The molecule has 2 rings (SSSR count). The second-order valence-electron chi connectivity index (χ2n) is 6.19. The molecule has 3 N–H and O–H groups in total. The standard InChI is InChI=1S/C20H21F3N2O6/c1-29-15-7-11(8-16(30-2)17(15)31-3)18(27)25-14(10-26)19(28)24-13-6-4-5-12(9-13)20(21,22)23/h4-9,14,26H,10H2,1-3H3,(H,24,28)(H,25,27)/t14-/m0/s1. The Balaban J connectivity index is 2.19. The van der Waals surface area contributed by atoms with Crippen LogP contribution in [0.5, 0.6) is 17.2 Å². The second-order valence-corrected chi connectivity index (χ2v) is 6.19. The van der Waals surface area contributed by atoms with Crippen molar-refractivity contribution in [2.45, 2.75) is 12.2 Å². The van der Waals surface area contributed by atoms with Crippen molar-refractivity contribution in [3.8, 4) is 17.2 Å². The maximum Gasteiger partial charge on any atom is 0.416 e. The Labute approximate surface area is 175 Å². The van der Waals surface area contributed by atoms with Crippen LogP contribution in [-0.4, -0.2) is 50.9 Å². The molecule has 2 amide bonds. The number of aliphatic hydroxyl groups is 1. The number of halogens is 3. The van der Waals surface area contributed by atoms with Gasteiger partial charge in [-0.05, 0) is 30.3 Å². The number of aliphatic hydroxyl groups excluding tert-OH is 1. The molecule has 0 saturated heterocycles. The van der Waals surface area contributed by atoms with Crippen LogP contribution in [0.2, 0.25) is 0 Å². The fraction of sp³-hybridized carbons (Fsp3) is 0.300. The van der Waals surface area contributed by atoms with Crippen LogP contribution in [0, 0.1) is 0 Å². The fourth-order valence-corrected chi connectivity index (χ4v) is 2.65. The first kappa shape index (κ1) is 23.8. The van der Waals surface area contributed by atoms with Gasteiger partial charge < -0.3 is 30.0 Å². The number of hydrogen-bond acceptors (Lipinski definition) is 6. The van der Waals surface area contributed by atoms with Gasteiger partial charge in [0.25, 0.3) is 5.91 Å². The molecular formula is C20H21F3N2O6. The number of benzene rings is 2. The molecule has 0 aromatic heterocycles. The van der Waals surface area contributed by atoms with E-state index in [1.807, 2.05) is 0 Å². The van der Waals surface area contributed by atoms with Crippen molar-refractivity contribution in [1.29, 1.82) is 0 Å². The minimum absolute atomic E-state index is 0.0415. The van der Waals surface area contributed by atoms with Crippen molar-refractivity contribution in [2.24, 2.45) is 0 Å². The second kappa shape index (κ2) is 10.0. The van der Waals surface area contributed by atoms with Crippen molar-refractivity contribution >= 4 is 17.5 Å². The zero-order chi connectivity index (χ0) is 23.2. The molecule has 0 unspecified atom stereocenters. The first-order valence-electron chi connectivity index (χ1n) is 8.84. The van der Waals surface area contributed by atoms with Crippen molar-refractivity contribution in [2.75, 3.05) is 33.3 Å². The lowest BCUT2D eigenvalue weighted by atomic mass is 10.1. The summed E-state index contributed by atoms with van der Waals surface area (Å²) < 4.78 is 54.0. The molecule has 0 aliphatic carbocycles. The van der Waals surface area contributed by atoms with Gasteiger partial charge in [0, 0.05) is 11.3 Å². The van der Waals surface area contributed by atoms with E-state index in [1.165, 1.54) is 39.5 Å². The highest BCUT2D eigenvalue weighted by atomic mass is 19.4. The third kappa shape index (κ3) is 5.79. The smallest absolute Gasteiger partial charge is 0.416 e. The Kier molecular flexibility index (Phi) is 7.70. The summed E-state index contributed by atoms with van der Waals surface area (Å²) >= 11 is 0. The number of anilines is 1. The quantitative estimate of drug-likeness (QED) is 0.580. The summed E-state index contributed by atoms with van der Waals surface area (Å²) in [7, 11) is 4.11. The molecular weight excluding hydrogens is 421 g/mol. The number of ether oxygens (including phenoxy) is 3. The van der Waals surface area contributed by atoms with Gasteiger partial charge in [0.05, 0.1) is 33.5 Å². The largest absolute Gasteiger partial charge is 0.493 e. The molecule has 8 nitrogen and oxygen atoms in total. The summed E-state index contributed by atoms with van der Waals surface area (Å²) in [5.41, 5.74) is -1.05. The summed E-state index contributed by atoms with van der Waals surface area (Å²) in [6.07, 6.45) is -4.59. The summed E-state index contributed by atoms with van der Waals surface area (Å²) in [5, 5.41) is 14.1. The Morgan fingerprint density at radius 1 is 1.03 bits per heavy atom. The van der Waals surface area contributed by atoms with Crippen molar-refractivity contribution < 1.29 is 42.1 Å². The van der Waals surface area contributed by atoms with Crippen LogP contribution >= 0.6 is 0 Å². The fourth-order valence-electron chi connectivity index (χ4n) is 2.65. The zero-order valence-electron chi connectivity index (χ0n) is 16.9. The zero-order valence-corrected chi connectivity index (χ0v) is 16.9. The number of nitrogens with one attached hydrogen (secondary N) is 2. The minimum Gasteiger partial charge on any atom is -0.493 e. The normalized spacial score (nSPS) is 12.0. The van der Waals surface area contributed by atoms with Crippen LogP contribution in [-0.2, 0) is 11.0 Å². The van der Waals surface area contributed by atoms with Gasteiger partial charge in [-0.2, -0.15) is 13.2 Å². The van der Waals surface area contributed by atoms with Crippen LogP contribution in [0.15, 0.2) is 36.4 Å². The third-order valence-electron chi connectivity index (χ3n) is 4.19. The molecule has 168 valence electrons. The monoisotopic (exact) mass is 442 g/mol. The molecule has 0 heterocycles. The molecule has 0 fully saturated rings. The lowest BCUT2D eigenvalue weighted by Gasteiger charge is -2.18. The van der Waals surface area contributed by atoms with E-state index in [0.717, 1.165) is 18.2 Å². The first-order valence-corrected chi connectivity index (χ1v) is 8.84. The van der Waals surface area contributed by atoms with Gasteiger partial charge in [-0.3, -0.25) is 9.59 Å². The number of methoxy groups -OCH3 is 3. The number of alkyl halides is 3. The maximum absolute atomic E-state index is 12.8. The summed E-state index contributed by atoms with van der Waals surface area (Å²) in [6, 6.07) is 5.23. The summed E-state index contributed by atoms with van der Waals surface area (Å²) in [4.78, 5) is 25.0. The van der Waals surface area contributed by atoms with Crippen molar-refractivity contribution in [3.63, 3.8) is 0 Å². The van der Waals surface area contributed by atoms with Crippen LogP contribution < -0.4 is 24.8 Å². The van der Waals surface area contributed by atoms with Crippen LogP contribution in [0.3, 0.4) is 0 Å². The minimum atomic E-state index is -4.59. The molecule has 2 aromatic carbocycles. The third-order valence-corrected chi connectivity index (χ3v) is 4.19. The van der Waals surface area contributed by atoms with E-state index in [1.54, 1.807) is 0 Å². The highest BCUT2D eigenvalue weighted by Crippen LogP contribution is 2.38. The summed E-state index contributed by atoms with van der Waals surface area (Å²) in [5.74, 6) is -1.01. The molecule has 2 aromatic rings. The molecule has 1 atom stereocenters. The molecule has 0 bridgehead atoms. The molecule has 31 heavy (non-hydrogen) atoms. The molecule has 0 saturated carbocycles. The Bertz CT molecular complexity index is 924. The van der Waals surface area contributed by atoms with Gasteiger partial charge in [0.1, 0.15) is 6.04 Å². The predicted octanol–water partition coefficient (Wildman–Crippen LogP) is 2.46. The van der Waals surface area contributed by atoms with E-state index >= 15 is 0 Å².